The zero-order valence-electron chi connectivity index (χ0n) is 13.8. The van der Waals surface area contributed by atoms with E-state index in [9.17, 15) is 4.79 Å². The van der Waals surface area contributed by atoms with Crippen LogP contribution in [0.5, 0.6) is 0 Å². The Bertz CT molecular complexity index is 859. The van der Waals surface area contributed by atoms with Gasteiger partial charge in [0.25, 0.3) is 0 Å². The number of rotatable bonds is 6. The predicted molar refractivity (Wildman–Crippen MR) is 101 cm³/mol. The number of carbonyl (C=O) groups is 1. The molecule has 4 N–H and O–H groups in total. The lowest BCUT2D eigenvalue weighted by atomic mass is 10.0. The predicted octanol–water partition coefficient (Wildman–Crippen LogP) is 3.78. The van der Waals surface area contributed by atoms with Crippen LogP contribution in [0.2, 0.25) is 0 Å². The number of hydrogen-bond acceptors (Lipinski definition) is 4. The molecule has 0 spiro atoms. The number of ketones is 1. The smallest absolute Gasteiger partial charge is 0.193 e. The van der Waals surface area contributed by atoms with E-state index in [0.717, 1.165) is 16.9 Å². The number of nitrogens with one attached hydrogen (secondary N) is 1. The number of anilines is 3. The van der Waals surface area contributed by atoms with Crippen molar-refractivity contribution in [3.05, 3.63) is 89.5 Å². The van der Waals surface area contributed by atoms with Gasteiger partial charge in [-0.3, -0.25) is 4.79 Å². The molecule has 0 bridgehead atoms. The van der Waals surface area contributed by atoms with E-state index in [2.05, 4.69) is 5.32 Å². The van der Waals surface area contributed by atoms with E-state index in [1.165, 1.54) is 0 Å². The van der Waals surface area contributed by atoms with E-state index in [-0.39, 0.29) is 12.4 Å². The third-order valence-electron chi connectivity index (χ3n) is 3.98. The first-order chi connectivity index (χ1) is 12.2. The number of aliphatic hydroxyl groups is 1. The molecule has 3 rings (SSSR count). The van der Waals surface area contributed by atoms with Crippen LogP contribution in [0.15, 0.2) is 72.8 Å². The van der Waals surface area contributed by atoms with Crippen LogP contribution in [0.4, 0.5) is 17.1 Å². The summed E-state index contributed by atoms with van der Waals surface area (Å²) >= 11 is 0. The lowest BCUT2D eigenvalue weighted by Crippen LogP contribution is -2.04. The molecular formula is C21H20N2O2. The maximum atomic E-state index is 12.5. The van der Waals surface area contributed by atoms with Crippen LogP contribution >= 0.6 is 0 Å². The van der Waals surface area contributed by atoms with Gasteiger partial charge in [-0.25, -0.2) is 0 Å². The molecule has 0 fully saturated rings. The van der Waals surface area contributed by atoms with Crippen molar-refractivity contribution in [1.82, 2.24) is 0 Å². The molecule has 0 amide bonds. The van der Waals surface area contributed by atoms with E-state index in [4.69, 9.17) is 10.8 Å². The number of nitrogen functional groups attached to an aromatic ring is 1. The number of carbonyl (C=O) groups excluding carboxylic acids is 1. The highest BCUT2D eigenvalue weighted by Gasteiger charge is 2.10. The van der Waals surface area contributed by atoms with Gasteiger partial charge >= 0.3 is 0 Å². The summed E-state index contributed by atoms with van der Waals surface area (Å²) in [6, 6.07) is 22.2. The number of nitrogens with two attached hydrogens (primary N) is 1. The van der Waals surface area contributed by atoms with Gasteiger partial charge in [0.15, 0.2) is 5.78 Å². The SMILES string of the molecule is Nc1cc(C(=O)c2ccccc2)ccc1Nc1ccc(CCO)cc1. The Morgan fingerprint density at radius 3 is 2.28 bits per heavy atom. The van der Waals surface area contributed by atoms with Gasteiger partial charge in [-0.05, 0) is 42.3 Å². The van der Waals surface area contributed by atoms with Crippen molar-refractivity contribution >= 4 is 22.8 Å². The van der Waals surface area contributed by atoms with Crippen molar-refractivity contribution in [3.63, 3.8) is 0 Å². The average Bonchev–Trinajstić information content (AvgIpc) is 2.65. The molecule has 25 heavy (non-hydrogen) atoms. The number of aliphatic hydroxyl groups excluding tert-OH is 1. The minimum Gasteiger partial charge on any atom is -0.397 e. The van der Waals surface area contributed by atoms with Crippen LogP contribution in [0, 0.1) is 0 Å². The van der Waals surface area contributed by atoms with Gasteiger partial charge in [-0.1, -0.05) is 42.5 Å². The van der Waals surface area contributed by atoms with Crippen molar-refractivity contribution < 1.29 is 9.90 Å². The fourth-order valence-corrected chi connectivity index (χ4v) is 2.61. The third-order valence-corrected chi connectivity index (χ3v) is 3.98. The number of hydrogen-bond donors (Lipinski definition) is 3. The van der Waals surface area contributed by atoms with Crippen LogP contribution in [0.25, 0.3) is 0 Å². The summed E-state index contributed by atoms with van der Waals surface area (Å²) in [4.78, 5) is 12.5. The molecular weight excluding hydrogens is 312 g/mol. The summed E-state index contributed by atoms with van der Waals surface area (Å²) in [5.41, 5.74) is 10.6. The van der Waals surface area contributed by atoms with Crippen LogP contribution in [0.3, 0.4) is 0 Å². The van der Waals surface area contributed by atoms with Crippen molar-refractivity contribution in [2.24, 2.45) is 0 Å². The molecule has 0 saturated heterocycles. The fraction of sp³-hybridized carbons (Fsp3) is 0.0952. The first-order valence-electron chi connectivity index (χ1n) is 8.13. The zero-order valence-corrected chi connectivity index (χ0v) is 13.8. The molecule has 0 aromatic heterocycles. The van der Waals surface area contributed by atoms with Gasteiger partial charge in [-0.2, -0.15) is 0 Å². The van der Waals surface area contributed by atoms with Crippen molar-refractivity contribution in [1.29, 1.82) is 0 Å². The van der Waals surface area contributed by atoms with Crippen molar-refractivity contribution in [3.8, 4) is 0 Å². The fourth-order valence-electron chi connectivity index (χ4n) is 2.61. The Morgan fingerprint density at radius 1 is 0.920 bits per heavy atom. The lowest BCUT2D eigenvalue weighted by molar-refractivity contribution is 0.103. The molecule has 0 aliphatic carbocycles. The Labute approximate surface area is 146 Å². The highest BCUT2D eigenvalue weighted by atomic mass is 16.2. The molecule has 3 aromatic rings. The molecule has 126 valence electrons. The van der Waals surface area contributed by atoms with E-state index < -0.39 is 0 Å². The summed E-state index contributed by atoms with van der Waals surface area (Å²) in [6.45, 7) is 0.136. The Hall–Kier alpha value is -3.11. The second-order valence-electron chi connectivity index (χ2n) is 5.79. The Morgan fingerprint density at radius 2 is 1.64 bits per heavy atom. The van der Waals surface area contributed by atoms with Crippen LogP contribution in [0.1, 0.15) is 21.5 Å². The summed E-state index contributed by atoms with van der Waals surface area (Å²) in [7, 11) is 0. The average molecular weight is 332 g/mol. The molecule has 0 atom stereocenters. The maximum absolute atomic E-state index is 12.5. The molecule has 0 heterocycles. The van der Waals surface area contributed by atoms with Crippen LogP contribution in [-0.4, -0.2) is 17.5 Å². The lowest BCUT2D eigenvalue weighted by Gasteiger charge is -2.11. The molecule has 0 radical (unpaired) electrons. The van der Waals surface area contributed by atoms with E-state index in [1.54, 1.807) is 24.3 Å². The van der Waals surface area contributed by atoms with Gasteiger partial charge in [0.1, 0.15) is 0 Å². The maximum Gasteiger partial charge on any atom is 0.193 e. The molecule has 3 aromatic carbocycles. The minimum absolute atomic E-state index is 0.0489. The molecule has 4 heteroatoms. The second-order valence-corrected chi connectivity index (χ2v) is 5.79. The quantitative estimate of drug-likeness (QED) is 0.474. The van der Waals surface area contributed by atoms with Gasteiger partial charge in [-0.15, -0.1) is 0 Å². The first kappa shape index (κ1) is 16.7. The molecule has 0 unspecified atom stereocenters. The van der Waals surface area contributed by atoms with Gasteiger partial charge in [0.2, 0.25) is 0 Å². The van der Waals surface area contributed by atoms with Gasteiger partial charge in [0.05, 0.1) is 11.4 Å². The normalized spacial score (nSPS) is 10.4. The summed E-state index contributed by atoms with van der Waals surface area (Å²) < 4.78 is 0. The monoisotopic (exact) mass is 332 g/mol. The summed E-state index contributed by atoms with van der Waals surface area (Å²) in [5.74, 6) is -0.0489. The number of benzene rings is 3. The van der Waals surface area contributed by atoms with Gasteiger partial charge < -0.3 is 16.2 Å². The summed E-state index contributed by atoms with van der Waals surface area (Å²) in [6.07, 6.45) is 0.638. The van der Waals surface area contributed by atoms with Crippen LogP contribution < -0.4 is 11.1 Å². The molecule has 0 aliphatic heterocycles. The largest absolute Gasteiger partial charge is 0.397 e. The Balaban J connectivity index is 1.77. The zero-order chi connectivity index (χ0) is 17.6. The van der Waals surface area contributed by atoms with Crippen molar-refractivity contribution in [2.75, 3.05) is 17.7 Å². The highest BCUT2D eigenvalue weighted by molar-refractivity contribution is 6.09. The summed E-state index contributed by atoms with van der Waals surface area (Å²) in [5, 5.41) is 12.2. The van der Waals surface area contributed by atoms with Crippen molar-refractivity contribution in [2.45, 2.75) is 6.42 Å². The van der Waals surface area contributed by atoms with E-state index >= 15 is 0 Å². The molecule has 0 aliphatic rings. The minimum atomic E-state index is -0.0489. The molecule has 0 saturated carbocycles. The van der Waals surface area contributed by atoms with Crippen LogP contribution in [-0.2, 0) is 6.42 Å². The van der Waals surface area contributed by atoms with E-state index in [0.29, 0.717) is 23.2 Å². The van der Waals surface area contributed by atoms with E-state index in [1.807, 2.05) is 48.5 Å². The molecule has 4 nitrogen and oxygen atoms in total. The van der Waals surface area contributed by atoms with Gasteiger partial charge in [0, 0.05) is 23.4 Å². The highest BCUT2D eigenvalue weighted by Crippen LogP contribution is 2.25. The topological polar surface area (TPSA) is 75.4 Å². The second kappa shape index (κ2) is 7.64. The standard InChI is InChI=1S/C21H20N2O2/c22-19-14-17(21(25)16-4-2-1-3-5-16)8-11-20(19)23-18-9-6-15(7-10-18)12-13-24/h1-11,14,23-24H,12-13,22H2. The third kappa shape index (κ3) is 4.05. The first-order valence-corrected chi connectivity index (χ1v) is 8.13. The Kier molecular flexibility index (Phi) is 5.11.